The van der Waals surface area contributed by atoms with Gasteiger partial charge in [-0.05, 0) is 45.2 Å². The molecule has 0 radical (unpaired) electrons. The fourth-order valence-electron chi connectivity index (χ4n) is 6.74. The number of rotatable bonds is 4. The highest BCUT2D eigenvalue weighted by Gasteiger charge is 2.54. The van der Waals surface area contributed by atoms with E-state index in [9.17, 15) is 14.4 Å². The molecule has 4 aromatic rings. The summed E-state index contributed by atoms with van der Waals surface area (Å²) in [6.45, 7) is 2.64. The number of likely N-dealkylation sites (tertiary alicyclic amines) is 1. The van der Waals surface area contributed by atoms with Crippen LogP contribution in [-0.2, 0) is 23.7 Å². The number of benzene rings is 3. The van der Waals surface area contributed by atoms with Crippen LogP contribution in [0.3, 0.4) is 0 Å². The Balaban J connectivity index is 1.40. The van der Waals surface area contributed by atoms with Crippen LogP contribution < -0.4 is 25.5 Å². The van der Waals surface area contributed by atoms with Crippen molar-refractivity contribution in [1.29, 1.82) is 0 Å². The summed E-state index contributed by atoms with van der Waals surface area (Å²) in [6, 6.07) is 10.4. The molecule has 2 N–H and O–H groups in total. The quantitative estimate of drug-likeness (QED) is 0.222. The maximum absolute atomic E-state index is 16.9. The Morgan fingerprint density at radius 1 is 1.10 bits per heavy atom. The first-order valence-corrected chi connectivity index (χ1v) is 15.7. The Morgan fingerprint density at radius 2 is 1.84 bits per heavy atom. The molecular formula is C35H31ClF2N4O7. The number of nitrogens with zero attached hydrogens (tertiary/aromatic N) is 3. The van der Waals surface area contributed by atoms with Gasteiger partial charge in [-0.25, -0.2) is 18.3 Å². The van der Waals surface area contributed by atoms with E-state index in [0.29, 0.717) is 24.9 Å². The SMILES string of the molecule is [2H]C([2H])([2H])n1ncc2c(c1=O)Oc1cc(C(N)=O)c(-c3c(Cl)c(F)cc4c3C[C@](c3ccccc3)([C@@H]3CCCN3C(=O)OC(C)(C)C)O4)c(F)c1O2. The van der Waals surface area contributed by atoms with Crippen molar-refractivity contribution in [3.63, 3.8) is 0 Å². The summed E-state index contributed by atoms with van der Waals surface area (Å²) in [5.41, 5.74) is 1.96. The molecule has 1 aromatic heterocycles. The van der Waals surface area contributed by atoms with Crippen LogP contribution in [0.5, 0.6) is 28.7 Å². The van der Waals surface area contributed by atoms with Crippen LogP contribution in [0, 0.1) is 11.6 Å². The van der Waals surface area contributed by atoms with E-state index in [1.54, 1.807) is 56.0 Å². The largest absolute Gasteiger partial charge is 0.480 e. The van der Waals surface area contributed by atoms with Crippen LogP contribution in [0.1, 0.15) is 59.2 Å². The average molecular weight is 696 g/mol. The Bertz CT molecular complexity index is 2230. The molecule has 14 heteroatoms. The second kappa shape index (κ2) is 11.5. The minimum Gasteiger partial charge on any atom is -0.480 e. The molecule has 1 saturated heterocycles. The molecule has 7 rings (SSSR count). The van der Waals surface area contributed by atoms with E-state index in [1.165, 1.54) is 0 Å². The summed E-state index contributed by atoms with van der Waals surface area (Å²) < 4.78 is 79.4. The zero-order chi connectivity index (χ0) is 37.5. The van der Waals surface area contributed by atoms with Gasteiger partial charge in [-0.2, -0.15) is 5.10 Å². The topological polar surface area (TPSA) is 135 Å². The fraction of sp³-hybridized carbons (Fsp3) is 0.314. The number of fused-ring (bicyclic) bond motifs is 3. The molecule has 3 aliphatic heterocycles. The number of aryl methyl sites for hydroxylation is 1. The molecule has 0 spiro atoms. The molecule has 2 amide bonds. The number of hydrogen-bond acceptors (Lipinski definition) is 8. The van der Waals surface area contributed by atoms with Gasteiger partial charge in [0.2, 0.25) is 17.4 Å². The molecule has 0 saturated carbocycles. The van der Waals surface area contributed by atoms with Gasteiger partial charge in [0.05, 0.1) is 22.8 Å². The van der Waals surface area contributed by atoms with Gasteiger partial charge >= 0.3 is 11.7 Å². The highest BCUT2D eigenvalue weighted by atomic mass is 35.5. The van der Waals surface area contributed by atoms with E-state index < -0.39 is 92.6 Å². The van der Waals surface area contributed by atoms with E-state index in [1.807, 2.05) is 0 Å². The van der Waals surface area contributed by atoms with Crippen molar-refractivity contribution >= 4 is 23.6 Å². The summed E-state index contributed by atoms with van der Waals surface area (Å²) >= 11 is 6.64. The number of amides is 2. The number of nitrogens with two attached hydrogens (primary N) is 1. The Hall–Kier alpha value is -5.17. The van der Waals surface area contributed by atoms with Crippen molar-refractivity contribution in [1.82, 2.24) is 14.7 Å². The van der Waals surface area contributed by atoms with Gasteiger partial charge in [-0.15, -0.1) is 0 Å². The first kappa shape index (κ1) is 28.8. The predicted octanol–water partition coefficient (Wildman–Crippen LogP) is 6.61. The first-order valence-electron chi connectivity index (χ1n) is 16.8. The maximum atomic E-state index is 16.9. The molecule has 3 aromatic carbocycles. The Morgan fingerprint density at radius 3 is 2.53 bits per heavy atom. The third-order valence-electron chi connectivity index (χ3n) is 8.73. The third kappa shape index (κ3) is 5.23. The van der Waals surface area contributed by atoms with Crippen molar-refractivity contribution in [3.05, 3.63) is 92.4 Å². The lowest BCUT2D eigenvalue weighted by atomic mass is 9.79. The maximum Gasteiger partial charge on any atom is 0.410 e. The molecule has 4 heterocycles. The number of carbonyl (C=O) groups is 2. The van der Waals surface area contributed by atoms with Crippen LogP contribution >= 0.6 is 11.6 Å². The van der Waals surface area contributed by atoms with Crippen molar-refractivity contribution < 1.29 is 41.4 Å². The number of aromatic nitrogens is 2. The highest BCUT2D eigenvalue weighted by molar-refractivity contribution is 6.34. The van der Waals surface area contributed by atoms with Gasteiger partial charge in [-0.3, -0.25) is 9.59 Å². The normalized spacial score (nSPS) is 20.4. The highest BCUT2D eigenvalue weighted by Crippen LogP contribution is 2.55. The van der Waals surface area contributed by atoms with Crippen LogP contribution in [0.2, 0.25) is 5.02 Å². The second-order valence-electron chi connectivity index (χ2n) is 13.0. The third-order valence-corrected chi connectivity index (χ3v) is 9.10. The molecular weight excluding hydrogens is 662 g/mol. The Kier molecular flexibility index (Phi) is 6.74. The standard InChI is InChI=1S/C35H31ClF2N4O7/c1-34(2,3)49-33(45)42-12-8-11-24(42)35(17-9-6-5-7-10-17)15-19-21(48-35)14-20(37)27(36)25(19)26-18(31(39)43)13-22-29(28(26)38)47-23-16-40-41(4)32(44)30(23)46-22/h5-7,9-10,13-14,16,24H,8,11-12,15H2,1-4H3,(H2,39,43)/t24-,35-/m0/s1/i4D3. The van der Waals surface area contributed by atoms with Gasteiger partial charge in [-0.1, -0.05) is 41.9 Å². The van der Waals surface area contributed by atoms with Crippen molar-refractivity contribution in [3.8, 4) is 39.9 Å². The lowest BCUT2D eigenvalue weighted by Crippen LogP contribution is -2.53. The Labute approximate surface area is 288 Å². The average Bonchev–Trinajstić information content (AvgIpc) is 3.71. The monoisotopic (exact) mass is 695 g/mol. The molecule has 254 valence electrons. The van der Waals surface area contributed by atoms with Crippen LogP contribution in [0.4, 0.5) is 13.6 Å². The van der Waals surface area contributed by atoms with Gasteiger partial charge < -0.3 is 29.6 Å². The van der Waals surface area contributed by atoms with E-state index in [4.69, 9.17) is 40.4 Å². The van der Waals surface area contributed by atoms with Crippen LogP contribution in [0.25, 0.3) is 11.1 Å². The number of hydrogen-bond donors (Lipinski definition) is 1. The number of primary amides is 1. The lowest BCUT2D eigenvalue weighted by Gasteiger charge is -2.40. The minimum absolute atomic E-state index is 0.0127. The zero-order valence-corrected chi connectivity index (χ0v) is 27.2. The number of halogens is 3. The molecule has 49 heavy (non-hydrogen) atoms. The van der Waals surface area contributed by atoms with Gasteiger partial charge in [0.1, 0.15) is 17.2 Å². The van der Waals surface area contributed by atoms with Crippen molar-refractivity contribution in [2.24, 2.45) is 12.7 Å². The smallest absolute Gasteiger partial charge is 0.410 e. The van der Waals surface area contributed by atoms with Gasteiger partial charge in [0.15, 0.2) is 22.9 Å². The molecule has 2 atom stereocenters. The molecule has 3 aliphatic rings. The lowest BCUT2D eigenvalue weighted by molar-refractivity contribution is -0.0216. The van der Waals surface area contributed by atoms with E-state index in [0.717, 1.165) is 18.3 Å². The molecule has 0 unspecified atom stereocenters. The summed E-state index contributed by atoms with van der Waals surface area (Å²) in [4.78, 5) is 41.0. The van der Waals surface area contributed by atoms with E-state index in [-0.39, 0.29) is 28.0 Å². The summed E-state index contributed by atoms with van der Waals surface area (Å²) in [5, 5.41) is 3.05. The minimum atomic E-state index is -2.97. The van der Waals surface area contributed by atoms with E-state index >= 15 is 8.78 Å². The van der Waals surface area contributed by atoms with E-state index in [2.05, 4.69) is 5.10 Å². The first-order chi connectivity index (χ1) is 24.4. The molecule has 0 aliphatic carbocycles. The second-order valence-corrected chi connectivity index (χ2v) is 13.3. The fourth-order valence-corrected chi connectivity index (χ4v) is 7.00. The van der Waals surface area contributed by atoms with Crippen LogP contribution in [0.15, 0.2) is 53.5 Å². The van der Waals surface area contributed by atoms with Gasteiger partial charge in [0, 0.05) is 46.8 Å². The zero-order valence-electron chi connectivity index (χ0n) is 29.4. The number of ether oxygens (including phenoxy) is 4. The molecule has 11 nitrogen and oxygen atoms in total. The summed E-state index contributed by atoms with van der Waals surface area (Å²) in [7, 11) is 0. The molecule has 1 fully saturated rings. The van der Waals surface area contributed by atoms with Crippen LogP contribution in [-0.4, -0.2) is 44.9 Å². The summed E-state index contributed by atoms with van der Waals surface area (Å²) in [5.74, 6) is -5.59. The molecule has 0 bridgehead atoms. The number of carbonyl (C=O) groups excluding carboxylic acids is 2. The van der Waals surface area contributed by atoms with Gasteiger partial charge in [0.25, 0.3) is 0 Å². The summed E-state index contributed by atoms with van der Waals surface area (Å²) in [6.07, 6.45) is 1.33. The predicted molar refractivity (Wildman–Crippen MR) is 173 cm³/mol. The van der Waals surface area contributed by atoms with Crippen molar-refractivity contribution in [2.75, 3.05) is 6.54 Å². The van der Waals surface area contributed by atoms with Crippen molar-refractivity contribution in [2.45, 2.75) is 57.3 Å².